The highest BCUT2D eigenvalue weighted by molar-refractivity contribution is 7.81. The standard InChI is InChI=1S/C17H18FNO4S/c18-24(21,22)23-17-5-1-13(2-6-17)12-19-9-7-14-3-4-16(20)11-15(14)8-10-19/h1-6,11,20H,7-10,12H2. The lowest BCUT2D eigenvalue weighted by Gasteiger charge is -2.19. The summed E-state index contributed by atoms with van der Waals surface area (Å²) in [7, 11) is -4.99. The van der Waals surface area contributed by atoms with Crippen molar-refractivity contribution in [2.24, 2.45) is 0 Å². The van der Waals surface area contributed by atoms with Crippen LogP contribution in [0.3, 0.4) is 0 Å². The number of phenols is 1. The van der Waals surface area contributed by atoms with Crippen molar-refractivity contribution < 1.29 is 21.6 Å². The summed E-state index contributed by atoms with van der Waals surface area (Å²) in [5.41, 5.74) is 3.43. The second kappa shape index (κ2) is 6.78. The van der Waals surface area contributed by atoms with Gasteiger partial charge in [0.15, 0.2) is 0 Å². The van der Waals surface area contributed by atoms with E-state index < -0.39 is 10.5 Å². The predicted octanol–water partition coefficient (Wildman–Crippen LogP) is 2.59. The van der Waals surface area contributed by atoms with Gasteiger partial charge in [-0.3, -0.25) is 4.90 Å². The number of hydrogen-bond donors (Lipinski definition) is 1. The Hall–Kier alpha value is -2.12. The molecule has 0 bridgehead atoms. The van der Waals surface area contributed by atoms with Gasteiger partial charge in [0.25, 0.3) is 0 Å². The summed E-state index contributed by atoms with van der Waals surface area (Å²) in [6.45, 7) is 2.48. The number of nitrogens with zero attached hydrogens (tertiary/aromatic N) is 1. The molecule has 0 amide bonds. The van der Waals surface area contributed by atoms with Crippen molar-refractivity contribution in [2.45, 2.75) is 19.4 Å². The molecule has 3 rings (SSSR count). The highest BCUT2D eigenvalue weighted by Gasteiger charge is 2.15. The Morgan fingerprint density at radius 2 is 1.71 bits per heavy atom. The fourth-order valence-electron chi connectivity index (χ4n) is 2.94. The van der Waals surface area contributed by atoms with Crippen LogP contribution in [-0.2, 0) is 29.9 Å². The van der Waals surface area contributed by atoms with Crippen LogP contribution < -0.4 is 4.18 Å². The van der Waals surface area contributed by atoms with Crippen LogP contribution in [0.1, 0.15) is 16.7 Å². The van der Waals surface area contributed by atoms with Crippen LogP contribution >= 0.6 is 0 Å². The summed E-state index contributed by atoms with van der Waals surface area (Å²) in [5.74, 6) is 0.251. The molecule has 0 fully saturated rings. The first-order valence-corrected chi connectivity index (χ1v) is 8.96. The minimum Gasteiger partial charge on any atom is -0.508 e. The van der Waals surface area contributed by atoms with E-state index in [2.05, 4.69) is 9.08 Å². The smallest absolute Gasteiger partial charge is 0.488 e. The van der Waals surface area contributed by atoms with Crippen LogP contribution in [0.4, 0.5) is 3.89 Å². The normalized spacial score (nSPS) is 15.5. The van der Waals surface area contributed by atoms with Crippen LogP contribution in [0.15, 0.2) is 42.5 Å². The lowest BCUT2D eigenvalue weighted by atomic mass is 10.0. The Morgan fingerprint density at radius 3 is 2.38 bits per heavy atom. The minimum absolute atomic E-state index is 0.0417. The number of rotatable bonds is 4. The van der Waals surface area contributed by atoms with Crippen molar-refractivity contribution in [3.8, 4) is 11.5 Å². The molecule has 0 radical (unpaired) electrons. The van der Waals surface area contributed by atoms with Crippen molar-refractivity contribution in [2.75, 3.05) is 13.1 Å². The molecule has 7 heteroatoms. The molecule has 1 aliphatic heterocycles. The van der Waals surface area contributed by atoms with E-state index in [1.807, 2.05) is 12.1 Å². The van der Waals surface area contributed by atoms with E-state index in [4.69, 9.17) is 0 Å². The van der Waals surface area contributed by atoms with Crippen molar-refractivity contribution in [3.63, 3.8) is 0 Å². The first kappa shape index (κ1) is 16.7. The predicted molar refractivity (Wildman–Crippen MR) is 87.9 cm³/mol. The Balaban J connectivity index is 1.63. The lowest BCUT2D eigenvalue weighted by molar-refractivity contribution is 0.279. The summed E-state index contributed by atoms with van der Waals surface area (Å²) >= 11 is 0. The second-order valence-corrected chi connectivity index (χ2v) is 6.80. The van der Waals surface area contributed by atoms with Crippen molar-refractivity contribution in [1.29, 1.82) is 0 Å². The Labute approximate surface area is 140 Å². The molecule has 0 spiro atoms. The molecule has 0 aliphatic carbocycles. The summed E-state index contributed by atoms with van der Waals surface area (Å²) in [4.78, 5) is 2.29. The zero-order valence-electron chi connectivity index (χ0n) is 13.0. The fourth-order valence-corrected chi connectivity index (χ4v) is 3.28. The highest BCUT2D eigenvalue weighted by atomic mass is 32.3. The van der Waals surface area contributed by atoms with E-state index in [0.717, 1.165) is 31.5 Å². The molecule has 1 aliphatic rings. The van der Waals surface area contributed by atoms with Gasteiger partial charge in [0.2, 0.25) is 0 Å². The third kappa shape index (κ3) is 4.46. The van der Waals surface area contributed by atoms with E-state index in [1.54, 1.807) is 18.2 Å². The molecule has 0 saturated carbocycles. The maximum absolute atomic E-state index is 12.5. The highest BCUT2D eigenvalue weighted by Crippen LogP contribution is 2.22. The van der Waals surface area contributed by atoms with Crippen LogP contribution in [0.2, 0.25) is 0 Å². The molecule has 0 atom stereocenters. The first-order valence-electron chi connectivity index (χ1n) is 7.65. The SMILES string of the molecule is O=S(=O)(F)Oc1ccc(CN2CCc3ccc(O)cc3CC2)cc1. The van der Waals surface area contributed by atoms with Crippen LogP contribution in [0.25, 0.3) is 0 Å². The van der Waals surface area contributed by atoms with E-state index in [-0.39, 0.29) is 5.75 Å². The maximum Gasteiger partial charge on any atom is 0.488 e. The van der Waals surface area contributed by atoms with Crippen molar-refractivity contribution >= 4 is 10.5 Å². The largest absolute Gasteiger partial charge is 0.508 e. The Bertz CT molecular complexity index is 821. The summed E-state index contributed by atoms with van der Waals surface area (Å²) in [6.07, 6.45) is 1.78. The quantitative estimate of drug-likeness (QED) is 0.858. The van der Waals surface area contributed by atoms with Crippen LogP contribution in [-0.4, -0.2) is 31.5 Å². The van der Waals surface area contributed by atoms with E-state index in [0.29, 0.717) is 12.3 Å². The lowest BCUT2D eigenvalue weighted by Crippen LogP contribution is -2.25. The van der Waals surface area contributed by atoms with E-state index in [1.165, 1.54) is 23.3 Å². The summed E-state index contributed by atoms with van der Waals surface area (Å²) in [5, 5.41) is 9.59. The average molecular weight is 351 g/mol. The molecule has 1 heterocycles. The van der Waals surface area contributed by atoms with Gasteiger partial charge in [-0.1, -0.05) is 22.1 Å². The Kier molecular flexibility index (Phi) is 4.73. The van der Waals surface area contributed by atoms with Gasteiger partial charge < -0.3 is 9.29 Å². The van der Waals surface area contributed by atoms with Gasteiger partial charge in [0.05, 0.1) is 0 Å². The summed E-state index contributed by atoms with van der Waals surface area (Å²) in [6, 6.07) is 11.8. The van der Waals surface area contributed by atoms with Gasteiger partial charge >= 0.3 is 10.5 Å². The molecule has 2 aromatic carbocycles. The average Bonchev–Trinajstić information content (AvgIpc) is 2.70. The van der Waals surface area contributed by atoms with E-state index in [9.17, 15) is 17.4 Å². The number of fused-ring (bicyclic) bond motifs is 1. The molecule has 0 unspecified atom stereocenters. The van der Waals surface area contributed by atoms with Gasteiger partial charge in [-0.25, -0.2) is 0 Å². The molecular weight excluding hydrogens is 333 g/mol. The fraction of sp³-hybridized carbons (Fsp3) is 0.294. The molecule has 1 N–H and O–H groups in total. The first-order chi connectivity index (χ1) is 11.4. The van der Waals surface area contributed by atoms with E-state index >= 15 is 0 Å². The van der Waals surface area contributed by atoms with Gasteiger partial charge in [-0.2, -0.15) is 8.42 Å². The Morgan fingerprint density at radius 1 is 1.04 bits per heavy atom. The van der Waals surface area contributed by atoms with Crippen molar-refractivity contribution in [3.05, 3.63) is 59.2 Å². The topological polar surface area (TPSA) is 66.8 Å². The van der Waals surface area contributed by atoms with Gasteiger partial charge in [0.1, 0.15) is 11.5 Å². The number of phenolic OH excluding ortho intramolecular Hbond substituents is 1. The number of aromatic hydroxyl groups is 1. The molecule has 2 aromatic rings. The third-order valence-electron chi connectivity index (χ3n) is 4.11. The van der Waals surface area contributed by atoms with Gasteiger partial charge in [-0.05, 0) is 53.8 Å². The third-order valence-corrected chi connectivity index (χ3v) is 4.50. The number of benzene rings is 2. The number of halogens is 1. The van der Waals surface area contributed by atoms with Crippen LogP contribution in [0.5, 0.6) is 11.5 Å². The van der Waals surface area contributed by atoms with Crippen LogP contribution in [0, 0.1) is 0 Å². The number of hydrogen-bond acceptors (Lipinski definition) is 5. The maximum atomic E-state index is 12.5. The molecule has 0 aromatic heterocycles. The van der Waals surface area contributed by atoms with Gasteiger partial charge in [0, 0.05) is 19.6 Å². The van der Waals surface area contributed by atoms with Gasteiger partial charge in [-0.15, -0.1) is 0 Å². The molecule has 5 nitrogen and oxygen atoms in total. The zero-order chi connectivity index (χ0) is 17.2. The molecular formula is C17H18FNO4S. The monoisotopic (exact) mass is 351 g/mol. The minimum atomic E-state index is -4.99. The summed E-state index contributed by atoms with van der Waals surface area (Å²) < 4.78 is 37.6. The van der Waals surface area contributed by atoms with Crippen molar-refractivity contribution in [1.82, 2.24) is 4.90 Å². The molecule has 128 valence electrons. The molecule has 0 saturated heterocycles. The zero-order valence-corrected chi connectivity index (χ0v) is 13.8. The molecule has 24 heavy (non-hydrogen) atoms. The second-order valence-electron chi connectivity index (χ2n) is 5.85.